The van der Waals surface area contributed by atoms with Crippen LogP contribution in [0.25, 0.3) is 0 Å². The molecule has 2 fully saturated rings. The summed E-state index contributed by atoms with van der Waals surface area (Å²) >= 11 is 0. The molecule has 2 aliphatic carbocycles. The van der Waals surface area contributed by atoms with Gasteiger partial charge in [0.2, 0.25) is 0 Å². The molecule has 4 atom stereocenters. The van der Waals surface area contributed by atoms with Gasteiger partial charge in [-0.3, -0.25) is 4.79 Å². The van der Waals surface area contributed by atoms with E-state index in [1.165, 1.54) is 25.7 Å². The second-order valence-corrected chi connectivity index (χ2v) is 6.40. The average Bonchev–Trinajstić information content (AvgIpc) is 3.02. The van der Waals surface area contributed by atoms with Gasteiger partial charge in [0, 0.05) is 18.9 Å². The molecule has 0 aromatic heterocycles. The first-order valence-corrected chi connectivity index (χ1v) is 7.54. The minimum Gasteiger partial charge on any atom is -0.324 e. The van der Waals surface area contributed by atoms with Gasteiger partial charge in [0.1, 0.15) is 5.78 Å². The van der Waals surface area contributed by atoms with Gasteiger partial charge >= 0.3 is 0 Å². The minimum absolute atomic E-state index is 0.132. The summed E-state index contributed by atoms with van der Waals surface area (Å²) in [7, 11) is 0. The van der Waals surface area contributed by atoms with E-state index in [0.717, 1.165) is 23.8 Å². The van der Waals surface area contributed by atoms with Crippen LogP contribution >= 0.6 is 0 Å². The van der Waals surface area contributed by atoms with E-state index in [9.17, 15) is 4.79 Å². The van der Waals surface area contributed by atoms with Crippen LogP contribution in [-0.2, 0) is 4.79 Å². The lowest BCUT2D eigenvalue weighted by atomic mass is 9.84. The van der Waals surface area contributed by atoms with Gasteiger partial charge < -0.3 is 5.73 Å². The van der Waals surface area contributed by atoms with Crippen molar-refractivity contribution in [2.24, 2.45) is 23.5 Å². The van der Waals surface area contributed by atoms with Crippen LogP contribution in [0.3, 0.4) is 0 Å². The number of hydrogen-bond donors (Lipinski definition) is 1. The SMILES string of the molecule is NC(CC(=O)CC1CC2CCC1C2)c1ccccc1. The molecule has 19 heavy (non-hydrogen) atoms. The van der Waals surface area contributed by atoms with E-state index in [0.29, 0.717) is 18.1 Å². The standard InChI is InChI=1S/C17H23NO/c18-17(13-4-2-1-3-5-13)11-16(19)10-15-9-12-6-7-14(15)8-12/h1-5,12,14-15,17H,6-11,18H2. The van der Waals surface area contributed by atoms with E-state index < -0.39 is 0 Å². The molecule has 0 saturated heterocycles. The first-order valence-electron chi connectivity index (χ1n) is 7.54. The molecule has 1 aromatic carbocycles. The summed E-state index contributed by atoms with van der Waals surface area (Å²) in [6.45, 7) is 0. The Kier molecular flexibility index (Phi) is 3.69. The highest BCUT2D eigenvalue weighted by atomic mass is 16.1. The van der Waals surface area contributed by atoms with Gasteiger partial charge in [-0.15, -0.1) is 0 Å². The maximum atomic E-state index is 12.2. The van der Waals surface area contributed by atoms with Crippen molar-refractivity contribution in [2.45, 2.75) is 44.6 Å². The number of hydrogen-bond acceptors (Lipinski definition) is 2. The summed E-state index contributed by atoms with van der Waals surface area (Å²) in [6, 6.07) is 9.83. The third-order valence-corrected chi connectivity index (χ3v) is 5.05. The number of fused-ring (bicyclic) bond motifs is 2. The lowest BCUT2D eigenvalue weighted by Gasteiger charge is -2.21. The van der Waals surface area contributed by atoms with E-state index >= 15 is 0 Å². The van der Waals surface area contributed by atoms with Crippen molar-refractivity contribution in [1.29, 1.82) is 0 Å². The molecule has 2 N–H and O–H groups in total. The summed E-state index contributed by atoms with van der Waals surface area (Å²) in [5, 5.41) is 0. The van der Waals surface area contributed by atoms with Crippen molar-refractivity contribution >= 4 is 5.78 Å². The van der Waals surface area contributed by atoms with Crippen molar-refractivity contribution in [3.63, 3.8) is 0 Å². The van der Waals surface area contributed by atoms with E-state index in [1.54, 1.807) is 0 Å². The quantitative estimate of drug-likeness (QED) is 0.877. The highest BCUT2D eigenvalue weighted by Crippen LogP contribution is 2.49. The third kappa shape index (κ3) is 2.89. The number of rotatable bonds is 5. The van der Waals surface area contributed by atoms with Crippen LogP contribution in [0.4, 0.5) is 0 Å². The van der Waals surface area contributed by atoms with Gasteiger partial charge in [-0.1, -0.05) is 36.8 Å². The molecule has 2 nitrogen and oxygen atoms in total. The van der Waals surface area contributed by atoms with Crippen LogP contribution in [0.1, 0.15) is 50.1 Å². The zero-order valence-corrected chi connectivity index (χ0v) is 11.4. The normalized spacial score (nSPS) is 30.5. The maximum Gasteiger partial charge on any atom is 0.135 e. The fraction of sp³-hybridized carbons (Fsp3) is 0.588. The third-order valence-electron chi connectivity index (χ3n) is 5.05. The molecule has 2 saturated carbocycles. The monoisotopic (exact) mass is 257 g/mol. The Morgan fingerprint density at radius 2 is 2.00 bits per heavy atom. The zero-order chi connectivity index (χ0) is 13.2. The van der Waals surface area contributed by atoms with Crippen LogP contribution in [0.15, 0.2) is 30.3 Å². The summed E-state index contributed by atoms with van der Waals surface area (Å²) in [4.78, 5) is 12.2. The molecule has 0 amide bonds. The molecular formula is C17H23NO. The molecule has 0 spiro atoms. The second kappa shape index (κ2) is 5.46. The summed E-state index contributed by atoms with van der Waals surface area (Å²) in [5.74, 6) is 2.77. The van der Waals surface area contributed by atoms with Crippen molar-refractivity contribution < 1.29 is 4.79 Å². The Bertz CT molecular complexity index is 442. The number of benzene rings is 1. The van der Waals surface area contributed by atoms with Gasteiger partial charge in [0.15, 0.2) is 0 Å². The zero-order valence-electron chi connectivity index (χ0n) is 11.4. The fourth-order valence-corrected chi connectivity index (χ4v) is 4.07. The average molecular weight is 257 g/mol. The van der Waals surface area contributed by atoms with Crippen molar-refractivity contribution in [1.82, 2.24) is 0 Å². The summed E-state index contributed by atoms with van der Waals surface area (Å²) in [5.41, 5.74) is 7.20. The number of ketones is 1. The number of Topliss-reactive ketones (excluding diaryl/α,β-unsaturated/α-hetero) is 1. The van der Waals surface area contributed by atoms with Crippen LogP contribution < -0.4 is 5.73 Å². The first-order chi connectivity index (χ1) is 9.22. The predicted octanol–water partition coefficient (Wildman–Crippen LogP) is 3.47. The number of carbonyl (C=O) groups excluding carboxylic acids is 1. The topological polar surface area (TPSA) is 43.1 Å². The molecule has 0 aliphatic heterocycles. The van der Waals surface area contributed by atoms with E-state index in [2.05, 4.69) is 0 Å². The van der Waals surface area contributed by atoms with E-state index in [1.807, 2.05) is 30.3 Å². The second-order valence-electron chi connectivity index (χ2n) is 6.40. The summed E-state index contributed by atoms with van der Waals surface area (Å²) < 4.78 is 0. The van der Waals surface area contributed by atoms with Gasteiger partial charge in [0.25, 0.3) is 0 Å². The van der Waals surface area contributed by atoms with Crippen molar-refractivity contribution in [3.8, 4) is 0 Å². The van der Waals surface area contributed by atoms with Gasteiger partial charge in [0.05, 0.1) is 0 Å². The smallest absolute Gasteiger partial charge is 0.135 e. The highest BCUT2D eigenvalue weighted by Gasteiger charge is 2.40. The molecule has 102 valence electrons. The molecule has 0 radical (unpaired) electrons. The Labute approximate surface area is 115 Å². The van der Waals surface area contributed by atoms with Crippen molar-refractivity contribution in [2.75, 3.05) is 0 Å². The van der Waals surface area contributed by atoms with Gasteiger partial charge in [-0.05, 0) is 42.6 Å². The molecule has 2 aliphatic rings. The Morgan fingerprint density at radius 3 is 2.63 bits per heavy atom. The van der Waals surface area contributed by atoms with Crippen molar-refractivity contribution in [3.05, 3.63) is 35.9 Å². The Balaban J connectivity index is 1.51. The lowest BCUT2D eigenvalue weighted by Crippen LogP contribution is -2.20. The molecule has 3 rings (SSSR count). The fourth-order valence-electron chi connectivity index (χ4n) is 4.07. The van der Waals surface area contributed by atoms with Gasteiger partial charge in [-0.25, -0.2) is 0 Å². The predicted molar refractivity (Wildman–Crippen MR) is 76.5 cm³/mol. The van der Waals surface area contributed by atoms with Gasteiger partial charge in [-0.2, -0.15) is 0 Å². The molecule has 2 heteroatoms. The molecule has 0 heterocycles. The summed E-state index contributed by atoms with van der Waals surface area (Å²) in [6.07, 6.45) is 6.69. The minimum atomic E-state index is -0.132. The highest BCUT2D eigenvalue weighted by molar-refractivity contribution is 5.79. The first kappa shape index (κ1) is 12.9. The number of nitrogens with two attached hydrogens (primary N) is 1. The molecule has 2 bridgehead atoms. The lowest BCUT2D eigenvalue weighted by molar-refractivity contribution is -0.120. The van der Waals surface area contributed by atoms with E-state index in [-0.39, 0.29) is 6.04 Å². The Hall–Kier alpha value is -1.15. The molecule has 1 aromatic rings. The Morgan fingerprint density at radius 1 is 1.21 bits per heavy atom. The maximum absolute atomic E-state index is 12.2. The van der Waals surface area contributed by atoms with Crippen LogP contribution in [0.2, 0.25) is 0 Å². The van der Waals surface area contributed by atoms with E-state index in [4.69, 9.17) is 5.73 Å². The van der Waals surface area contributed by atoms with Crippen LogP contribution in [0, 0.1) is 17.8 Å². The largest absolute Gasteiger partial charge is 0.324 e. The number of carbonyl (C=O) groups is 1. The molecular weight excluding hydrogens is 234 g/mol. The van der Waals surface area contributed by atoms with Crippen LogP contribution in [0.5, 0.6) is 0 Å². The molecule has 4 unspecified atom stereocenters. The van der Waals surface area contributed by atoms with Crippen LogP contribution in [-0.4, -0.2) is 5.78 Å².